The first-order chi connectivity index (χ1) is 6.40. The van der Waals surface area contributed by atoms with Crippen LogP contribution in [0, 0.1) is 5.92 Å². The fourth-order valence-corrected chi connectivity index (χ4v) is 2.34. The number of nitrogens with two attached hydrogens (primary N) is 1. The van der Waals surface area contributed by atoms with Gasteiger partial charge >= 0.3 is 0 Å². The highest BCUT2D eigenvalue weighted by molar-refractivity contribution is 4.94. The molecule has 0 radical (unpaired) electrons. The molecule has 0 amide bonds. The summed E-state index contributed by atoms with van der Waals surface area (Å²) in [6.45, 7) is 0.859. The Morgan fingerprint density at radius 2 is 2.00 bits per heavy atom. The molecule has 1 heterocycles. The van der Waals surface area contributed by atoms with Gasteiger partial charge in [-0.25, -0.2) is 0 Å². The number of hydrogen-bond acceptors (Lipinski definition) is 1. The molecule has 13 heavy (non-hydrogen) atoms. The Morgan fingerprint density at radius 3 is 2.69 bits per heavy atom. The third-order valence-electron chi connectivity index (χ3n) is 3.14. The van der Waals surface area contributed by atoms with E-state index in [2.05, 4.69) is 29.1 Å². The van der Waals surface area contributed by atoms with Crippen molar-refractivity contribution in [3.05, 3.63) is 24.5 Å². The standard InChI is InChI=1S/C11H18N2/c12-9-10-4-3-5-11(8-10)13-6-1-2-7-13/h1-2,6-7,10-11H,3-5,8-9,12H2. The third-order valence-corrected chi connectivity index (χ3v) is 3.14. The molecule has 72 valence electrons. The van der Waals surface area contributed by atoms with E-state index in [9.17, 15) is 0 Å². The molecule has 0 spiro atoms. The first kappa shape index (κ1) is 8.82. The van der Waals surface area contributed by atoms with E-state index >= 15 is 0 Å². The van der Waals surface area contributed by atoms with Gasteiger partial charge in [0.05, 0.1) is 0 Å². The zero-order valence-corrected chi connectivity index (χ0v) is 8.02. The van der Waals surface area contributed by atoms with E-state index in [-0.39, 0.29) is 0 Å². The van der Waals surface area contributed by atoms with Crippen LogP contribution in [0.1, 0.15) is 31.7 Å². The molecule has 2 heteroatoms. The lowest BCUT2D eigenvalue weighted by Crippen LogP contribution is -2.23. The predicted octanol–water partition coefficient (Wildman–Crippen LogP) is 2.18. The van der Waals surface area contributed by atoms with Crippen molar-refractivity contribution in [1.29, 1.82) is 0 Å². The number of nitrogens with zero attached hydrogens (tertiary/aromatic N) is 1. The van der Waals surface area contributed by atoms with Gasteiger partial charge in [0.25, 0.3) is 0 Å². The molecule has 2 atom stereocenters. The molecule has 0 saturated heterocycles. The van der Waals surface area contributed by atoms with E-state index in [4.69, 9.17) is 5.73 Å². The molecular formula is C11H18N2. The smallest absolute Gasteiger partial charge is 0.0333 e. The van der Waals surface area contributed by atoms with E-state index in [0.29, 0.717) is 6.04 Å². The fraction of sp³-hybridized carbons (Fsp3) is 0.636. The van der Waals surface area contributed by atoms with E-state index in [1.165, 1.54) is 25.7 Å². The molecule has 2 nitrogen and oxygen atoms in total. The van der Waals surface area contributed by atoms with Gasteiger partial charge in [-0.15, -0.1) is 0 Å². The topological polar surface area (TPSA) is 30.9 Å². The van der Waals surface area contributed by atoms with Crippen molar-refractivity contribution in [3.8, 4) is 0 Å². The van der Waals surface area contributed by atoms with Gasteiger partial charge in [0.2, 0.25) is 0 Å². The summed E-state index contributed by atoms with van der Waals surface area (Å²) in [5.74, 6) is 0.751. The second-order valence-electron chi connectivity index (χ2n) is 4.05. The maximum atomic E-state index is 5.71. The predicted molar refractivity (Wildman–Crippen MR) is 54.5 cm³/mol. The second-order valence-corrected chi connectivity index (χ2v) is 4.05. The Hall–Kier alpha value is -0.760. The van der Waals surface area contributed by atoms with Crippen molar-refractivity contribution in [3.63, 3.8) is 0 Å². The van der Waals surface area contributed by atoms with Crippen LogP contribution in [0.15, 0.2) is 24.5 Å². The highest BCUT2D eigenvalue weighted by atomic mass is 15.0. The van der Waals surface area contributed by atoms with Crippen LogP contribution in [0.25, 0.3) is 0 Å². The van der Waals surface area contributed by atoms with Crippen LogP contribution in [0.5, 0.6) is 0 Å². The lowest BCUT2D eigenvalue weighted by molar-refractivity contribution is 0.272. The molecule has 0 aliphatic heterocycles. The summed E-state index contributed by atoms with van der Waals surface area (Å²) in [5, 5.41) is 0. The van der Waals surface area contributed by atoms with Gasteiger partial charge in [-0.05, 0) is 43.9 Å². The maximum absolute atomic E-state index is 5.71. The summed E-state index contributed by atoms with van der Waals surface area (Å²) in [7, 11) is 0. The normalized spacial score (nSPS) is 29.0. The molecule has 0 aromatic carbocycles. The molecular weight excluding hydrogens is 160 g/mol. The zero-order valence-electron chi connectivity index (χ0n) is 8.02. The van der Waals surface area contributed by atoms with Gasteiger partial charge in [0, 0.05) is 18.4 Å². The number of hydrogen-bond donors (Lipinski definition) is 1. The molecule has 2 unspecified atom stereocenters. The minimum Gasteiger partial charge on any atom is -0.351 e. The summed E-state index contributed by atoms with van der Waals surface area (Å²) >= 11 is 0. The summed E-state index contributed by atoms with van der Waals surface area (Å²) in [6, 6.07) is 4.91. The summed E-state index contributed by atoms with van der Waals surface area (Å²) < 4.78 is 2.34. The highest BCUT2D eigenvalue weighted by Gasteiger charge is 2.21. The lowest BCUT2D eigenvalue weighted by atomic mass is 9.86. The van der Waals surface area contributed by atoms with Gasteiger partial charge in [0.1, 0.15) is 0 Å². The average Bonchev–Trinajstić information content (AvgIpc) is 2.71. The van der Waals surface area contributed by atoms with Crippen LogP contribution in [0.4, 0.5) is 0 Å². The lowest BCUT2D eigenvalue weighted by Gasteiger charge is -2.29. The number of rotatable bonds is 2. The van der Waals surface area contributed by atoms with Crippen LogP contribution in [-0.4, -0.2) is 11.1 Å². The van der Waals surface area contributed by atoms with Crippen molar-refractivity contribution in [1.82, 2.24) is 4.57 Å². The van der Waals surface area contributed by atoms with E-state index in [0.717, 1.165) is 12.5 Å². The van der Waals surface area contributed by atoms with Crippen molar-refractivity contribution >= 4 is 0 Å². The maximum Gasteiger partial charge on any atom is 0.0333 e. The molecule has 2 N–H and O–H groups in total. The zero-order chi connectivity index (χ0) is 9.10. The summed E-state index contributed by atoms with van der Waals surface area (Å²) in [6.07, 6.45) is 9.60. The largest absolute Gasteiger partial charge is 0.351 e. The first-order valence-corrected chi connectivity index (χ1v) is 5.22. The van der Waals surface area contributed by atoms with E-state index in [1.807, 2.05) is 0 Å². The number of aromatic nitrogens is 1. The molecule has 0 bridgehead atoms. The Labute approximate surface area is 79.7 Å². The molecule has 1 aliphatic carbocycles. The second kappa shape index (κ2) is 3.97. The van der Waals surface area contributed by atoms with Gasteiger partial charge in [-0.1, -0.05) is 6.42 Å². The minimum atomic E-state index is 0.706. The van der Waals surface area contributed by atoms with Crippen LogP contribution in [-0.2, 0) is 0 Å². The highest BCUT2D eigenvalue weighted by Crippen LogP contribution is 2.31. The average molecular weight is 178 g/mol. The SMILES string of the molecule is NCC1CCCC(n2cccc2)C1. The Balaban J connectivity index is 2.00. The Morgan fingerprint density at radius 1 is 1.23 bits per heavy atom. The fourth-order valence-electron chi connectivity index (χ4n) is 2.34. The van der Waals surface area contributed by atoms with Crippen molar-refractivity contribution < 1.29 is 0 Å². The molecule has 1 aliphatic rings. The van der Waals surface area contributed by atoms with Gasteiger partial charge in [-0.2, -0.15) is 0 Å². The minimum absolute atomic E-state index is 0.706. The van der Waals surface area contributed by atoms with Crippen molar-refractivity contribution in [2.45, 2.75) is 31.7 Å². The molecule has 1 aromatic heterocycles. The quantitative estimate of drug-likeness (QED) is 0.739. The van der Waals surface area contributed by atoms with Crippen molar-refractivity contribution in [2.24, 2.45) is 11.7 Å². The monoisotopic (exact) mass is 178 g/mol. The summed E-state index contributed by atoms with van der Waals surface area (Å²) in [4.78, 5) is 0. The first-order valence-electron chi connectivity index (χ1n) is 5.22. The Bertz CT molecular complexity index is 241. The van der Waals surface area contributed by atoms with E-state index in [1.54, 1.807) is 0 Å². The molecule has 1 saturated carbocycles. The van der Waals surface area contributed by atoms with Crippen molar-refractivity contribution in [2.75, 3.05) is 6.54 Å². The molecule has 1 aromatic rings. The van der Waals surface area contributed by atoms with Gasteiger partial charge < -0.3 is 10.3 Å². The van der Waals surface area contributed by atoms with Gasteiger partial charge in [0.15, 0.2) is 0 Å². The third kappa shape index (κ3) is 1.94. The van der Waals surface area contributed by atoms with E-state index < -0.39 is 0 Å². The Kier molecular flexibility index (Phi) is 2.69. The molecule has 2 rings (SSSR count). The van der Waals surface area contributed by atoms with Crippen LogP contribution in [0.3, 0.4) is 0 Å². The van der Waals surface area contributed by atoms with Crippen LogP contribution in [0.2, 0.25) is 0 Å². The summed E-state index contributed by atoms with van der Waals surface area (Å²) in [5.41, 5.74) is 5.71. The van der Waals surface area contributed by atoms with Crippen LogP contribution < -0.4 is 5.73 Å². The molecule has 1 fully saturated rings. The van der Waals surface area contributed by atoms with Crippen LogP contribution >= 0.6 is 0 Å². The van der Waals surface area contributed by atoms with Gasteiger partial charge in [-0.3, -0.25) is 0 Å².